The minimum Gasteiger partial charge on any atom is -0.495 e. The molecule has 1 amide bonds. The highest BCUT2D eigenvalue weighted by molar-refractivity contribution is 8.27. The maximum Gasteiger partial charge on any atom is 0.270 e. The molecule has 6 nitrogen and oxygen atoms in total. The highest BCUT2D eigenvalue weighted by Gasteiger charge is 2.34. The van der Waals surface area contributed by atoms with Gasteiger partial charge in [0.15, 0.2) is 15.8 Å². The number of methoxy groups -OCH3 is 1. The Balaban J connectivity index is 1.58. The molecule has 0 atom stereocenters. The number of anilines is 1. The lowest BCUT2D eigenvalue weighted by Gasteiger charge is -2.17. The number of amides is 1. The number of nitrogens with zero attached hydrogens (tertiary/aromatic N) is 2. The summed E-state index contributed by atoms with van der Waals surface area (Å²) < 4.78 is 17.6. The van der Waals surface area contributed by atoms with Gasteiger partial charge in [0, 0.05) is 5.56 Å². The van der Waals surface area contributed by atoms with Crippen molar-refractivity contribution in [3.8, 4) is 23.3 Å². The lowest BCUT2D eigenvalue weighted by Crippen LogP contribution is -2.27. The summed E-state index contributed by atoms with van der Waals surface area (Å²) in [6.45, 7) is 2.57. The summed E-state index contributed by atoms with van der Waals surface area (Å²) in [5, 5.41) is 9.30. The molecule has 3 aromatic carbocycles. The van der Waals surface area contributed by atoms with E-state index in [9.17, 15) is 10.1 Å². The van der Waals surface area contributed by atoms with E-state index in [1.165, 1.54) is 16.7 Å². The zero-order chi connectivity index (χ0) is 24.8. The van der Waals surface area contributed by atoms with Crippen molar-refractivity contribution in [3.63, 3.8) is 0 Å². The van der Waals surface area contributed by atoms with Gasteiger partial charge in [-0.05, 0) is 48.9 Å². The fourth-order valence-corrected chi connectivity index (χ4v) is 4.84. The van der Waals surface area contributed by atoms with E-state index in [1.54, 1.807) is 37.5 Å². The molecule has 0 aliphatic carbocycles. The summed E-state index contributed by atoms with van der Waals surface area (Å²) in [6, 6.07) is 22.2. The van der Waals surface area contributed by atoms with Gasteiger partial charge in [0.1, 0.15) is 12.4 Å². The van der Waals surface area contributed by atoms with Gasteiger partial charge in [0.2, 0.25) is 0 Å². The second-order valence-electron chi connectivity index (χ2n) is 7.39. The van der Waals surface area contributed by atoms with Crippen LogP contribution >= 0.6 is 24.0 Å². The molecule has 0 saturated carbocycles. The molecule has 8 heteroatoms. The standard InChI is InChI=1S/C27H22N2O4S2/c1-3-32-24-14-18(12-13-23(24)33-17-20-9-5-4-8-19(20)16-28)15-25-26(30)29(27(34)35-25)21-10-6-7-11-22(21)31-2/h4-15H,3,17H2,1-2H3/b25-15+. The van der Waals surface area contributed by atoms with Crippen molar-refractivity contribution in [1.82, 2.24) is 0 Å². The lowest BCUT2D eigenvalue weighted by molar-refractivity contribution is -0.113. The van der Waals surface area contributed by atoms with Crippen LogP contribution in [0.3, 0.4) is 0 Å². The first-order valence-electron chi connectivity index (χ1n) is 10.8. The van der Waals surface area contributed by atoms with E-state index in [2.05, 4.69) is 6.07 Å². The number of ether oxygens (including phenoxy) is 3. The van der Waals surface area contributed by atoms with Crippen LogP contribution in [0, 0.1) is 11.3 Å². The van der Waals surface area contributed by atoms with E-state index in [0.717, 1.165) is 11.1 Å². The first-order chi connectivity index (χ1) is 17.0. The summed E-state index contributed by atoms with van der Waals surface area (Å²) in [4.78, 5) is 15.2. The van der Waals surface area contributed by atoms with Crippen LogP contribution in [0.1, 0.15) is 23.6 Å². The number of carbonyl (C=O) groups excluding carboxylic acids is 1. The fraction of sp³-hybridized carbons (Fsp3) is 0.148. The third-order valence-electron chi connectivity index (χ3n) is 5.21. The summed E-state index contributed by atoms with van der Waals surface area (Å²) in [5.74, 6) is 1.47. The molecule has 0 bridgehead atoms. The van der Waals surface area contributed by atoms with Gasteiger partial charge in [0.05, 0.1) is 35.9 Å². The molecule has 4 rings (SSSR count). The van der Waals surface area contributed by atoms with Crippen molar-refractivity contribution < 1.29 is 19.0 Å². The van der Waals surface area contributed by atoms with E-state index < -0.39 is 0 Å². The number of hydrogen-bond acceptors (Lipinski definition) is 7. The minimum atomic E-state index is -0.212. The van der Waals surface area contributed by atoms with Gasteiger partial charge in [0.25, 0.3) is 5.91 Å². The Bertz CT molecular complexity index is 1350. The average Bonchev–Trinajstić information content (AvgIpc) is 3.16. The molecular formula is C27H22N2O4S2. The van der Waals surface area contributed by atoms with Gasteiger partial charge in [-0.15, -0.1) is 0 Å². The second kappa shape index (κ2) is 11.1. The first-order valence-corrected chi connectivity index (χ1v) is 12.1. The van der Waals surface area contributed by atoms with Crippen LogP contribution in [-0.2, 0) is 11.4 Å². The van der Waals surface area contributed by atoms with Crippen molar-refractivity contribution in [2.45, 2.75) is 13.5 Å². The van der Waals surface area contributed by atoms with Gasteiger partial charge in [-0.3, -0.25) is 9.69 Å². The molecular weight excluding hydrogens is 480 g/mol. The zero-order valence-electron chi connectivity index (χ0n) is 19.2. The molecule has 1 fully saturated rings. The predicted octanol–water partition coefficient (Wildman–Crippen LogP) is 5.95. The van der Waals surface area contributed by atoms with Crippen LogP contribution in [0.25, 0.3) is 6.08 Å². The fourth-order valence-electron chi connectivity index (χ4n) is 3.55. The molecule has 0 unspecified atom stereocenters. The van der Waals surface area contributed by atoms with E-state index in [1.807, 2.05) is 49.4 Å². The molecule has 1 saturated heterocycles. The monoisotopic (exact) mass is 502 g/mol. The van der Waals surface area contributed by atoms with Crippen molar-refractivity contribution in [1.29, 1.82) is 5.26 Å². The molecule has 1 aliphatic heterocycles. The van der Waals surface area contributed by atoms with E-state index >= 15 is 0 Å². The Hall–Kier alpha value is -3.80. The molecule has 0 aromatic heterocycles. The Morgan fingerprint density at radius 2 is 1.80 bits per heavy atom. The number of nitriles is 1. The summed E-state index contributed by atoms with van der Waals surface area (Å²) in [5.41, 5.74) is 2.75. The highest BCUT2D eigenvalue weighted by Crippen LogP contribution is 2.40. The first kappa shape index (κ1) is 24.3. The molecule has 35 heavy (non-hydrogen) atoms. The quantitative estimate of drug-likeness (QED) is 0.278. The van der Waals surface area contributed by atoms with Crippen molar-refractivity contribution in [2.24, 2.45) is 0 Å². The zero-order valence-corrected chi connectivity index (χ0v) is 20.8. The Kier molecular flexibility index (Phi) is 7.70. The van der Waals surface area contributed by atoms with Gasteiger partial charge in [-0.1, -0.05) is 60.4 Å². The van der Waals surface area contributed by atoms with Crippen LogP contribution in [0.2, 0.25) is 0 Å². The predicted molar refractivity (Wildman–Crippen MR) is 142 cm³/mol. The number of hydrogen-bond donors (Lipinski definition) is 0. The number of carbonyl (C=O) groups is 1. The largest absolute Gasteiger partial charge is 0.495 e. The Labute approximate surface area is 213 Å². The van der Waals surface area contributed by atoms with Gasteiger partial charge in [-0.2, -0.15) is 5.26 Å². The average molecular weight is 503 g/mol. The highest BCUT2D eigenvalue weighted by atomic mass is 32.2. The molecule has 0 N–H and O–H groups in total. The third-order valence-corrected chi connectivity index (χ3v) is 6.51. The topological polar surface area (TPSA) is 71.8 Å². The van der Waals surface area contributed by atoms with Crippen LogP contribution in [0.5, 0.6) is 17.2 Å². The molecule has 0 radical (unpaired) electrons. The third kappa shape index (κ3) is 5.32. The summed E-state index contributed by atoms with van der Waals surface area (Å²) >= 11 is 6.73. The molecule has 3 aromatic rings. The van der Waals surface area contributed by atoms with Crippen molar-refractivity contribution >= 4 is 46.0 Å². The SMILES string of the molecule is CCOc1cc(/C=C2/SC(=S)N(c3ccccc3OC)C2=O)ccc1OCc1ccccc1C#N. The maximum absolute atomic E-state index is 13.2. The summed E-state index contributed by atoms with van der Waals surface area (Å²) in [6.07, 6.45) is 1.78. The van der Waals surface area contributed by atoms with Crippen LogP contribution in [0.4, 0.5) is 5.69 Å². The number of thiocarbonyl (C=S) groups is 1. The van der Waals surface area contributed by atoms with E-state index in [0.29, 0.717) is 44.3 Å². The van der Waals surface area contributed by atoms with E-state index in [4.69, 9.17) is 26.4 Å². The van der Waals surface area contributed by atoms with Crippen molar-refractivity contribution in [2.75, 3.05) is 18.6 Å². The van der Waals surface area contributed by atoms with Gasteiger partial charge in [-0.25, -0.2) is 0 Å². The lowest BCUT2D eigenvalue weighted by atomic mass is 10.1. The van der Waals surface area contributed by atoms with Crippen LogP contribution in [0.15, 0.2) is 71.6 Å². The van der Waals surface area contributed by atoms with Gasteiger partial charge >= 0.3 is 0 Å². The number of rotatable bonds is 8. The van der Waals surface area contributed by atoms with Crippen LogP contribution in [-0.4, -0.2) is 23.9 Å². The Morgan fingerprint density at radius 1 is 1.03 bits per heavy atom. The summed E-state index contributed by atoms with van der Waals surface area (Å²) in [7, 11) is 1.56. The van der Waals surface area contributed by atoms with Crippen molar-refractivity contribution in [3.05, 3.63) is 88.3 Å². The molecule has 1 heterocycles. The smallest absolute Gasteiger partial charge is 0.270 e. The number of thioether (sulfide) groups is 1. The number of para-hydroxylation sites is 2. The Morgan fingerprint density at radius 3 is 2.57 bits per heavy atom. The van der Waals surface area contributed by atoms with E-state index in [-0.39, 0.29) is 12.5 Å². The minimum absolute atomic E-state index is 0.212. The molecule has 0 spiro atoms. The maximum atomic E-state index is 13.2. The second-order valence-corrected chi connectivity index (χ2v) is 9.06. The molecule has 176 valence electrons. The van der Waals surface area contributed by atoms with Gasteiger partial charge < -0.3 is 14.2 Å². The molecule has 1 aliphatic rings. The normalized spacial score (nSPS) is 14.2. The van der Waals surface area contributed by atoms with Crippen LogP contribution < -0.4 is 19.1 Å². The number of benzene rings is 3.